The molecule has 1 heterocycles. The van der Waals surface area contributed by atoms with Crippen molar-refractivity contribution in [2.75, 3.05) is 39.8 Å². The Hall–Kier alpha value is -0.610. The second-order valence-electron chi connectivity index (χ2n) is 4.85. The van der Waals surface area contributed by atoms with E-state index in [1.165, 1.54) is 0 Å². The number of nitrogens with one attached hydrogen (secondary N) is 1. The van der Waals surface area contributed by atoms with Crippen molar-refractivity contribution in [3.63, 3.8) is 0 Å². The van der Waals surface area contributed by atoms with E-state index < -0.39 is 0 Å². The van der Waals surface area contributed by atoms with Crippen LogP contribution in [0, 0.1) is 5.92 Å². The molecule has 0 aliphatic carbocycles. The highest BCUT2D eigenvalue weighted by molar-refractivity contribution is 5.79. The van der Waals surface area contributed by atoms with Crippen molar-refractivity contribution in [2.24, 2.45) is 5.92 Å². The summed E-state index contributed by atoms with van der Waals surface area (Å²) in [7, 11) is 2.11. The molecule has 94 valence electrons. The minimum atomic E-state index is 0.0887. The molecule has 2 unspecified atom stereocenters. The lowest BCUT2D eigenvalue weighted by atomic mass is 10.1. The fourth-order valence-corrected chi connectivity index (χ4v) is 2.20. The standard InChI is InChI=1S/C12H25N3O/c1-5-13-8-10(2)12(16)15-7-6-14(4)9-11(15)3/h10-11,13H,5-9H2,1-4H3. The van der Waals surface area contributed by atoms with Gasteiger partial charge in [0.2, 0.25) is 5.91 Å². The number of amides is 1. The van der Waals surface area contributed by atoms with Gasteiger partial charge in [-0.1, -0.05) is 13.8 Å². The molecule has 0 aromatic rings. The summed E-state index contributed by atoms with van der Waals surface area (Å²) in [6.45, 7) is 10.8. The minimum Gasteiger partial charge on any atom is -0.337 e. The lowest BCUT2D eigenvalue weighted by molar-refractivity contribution is -0.139. The number of piperazine rings is 1. The van der Waals surface area contributed by atoms with Crippen molar-refractivity contribution < 1.29 is 4.79 Å². The Balaban J connectivity index is 2.46. The van der Waals surface area contributed by atoms with Crippen LogP contribution in [-0.2, 0) is 4.79 Å². The summed E-state index contributed by atoms with van der Waals surface area (Å²) in [5, 5.41) is 3.23. The Kier molecular flexibility index (Phi) is 5.22. The van der Waals surface area contributed by atoms with Crippen LogP contribution in [0.5, 0.6) is 0 Å². The highest BCUT2D eigenvalue weighted by Crippen LogP contribution is 2.11. The molecular formula is C12H25N3O. The van der Waals surface area contributed by atoms with E-state index in [1.54, 1.807) is 0 Å². The highest BCUT2D eigenvalue weighted by atomic mass is 16.2. The van der Waals surface area contributed by atoms with Crippen molar-refractivity contribution >= 4 is 5.91 Å². The molecule has 0 bridgehead atoms. The van der Waals surface area contributed by atoms with Gasteiger partial charge in [0.1, 0.15) is 0 Å². The van der Waals surface area contributed by atoms with E-state index in [-0.39, 0.29) is 5.92 Å². The van der Waals surface area contributed by atoms with Crippen LogP contribution in [0.25, 0.3) is 0 Å². The van der Waals surface area contributed by atoms with Gasteiger partial charge in [0.15, 0.2) is 0 Å². The molecule has 2 atom stereocenters. The predicted octanol–water partition coefficient (Wildman–Crippen LogP) is 0.395. The lowest BCUT2D eigenvalue weighted by Gasteiger charge is -2.39. The van der Waals surface area contributed by atoms with Gasteiger partial charge >= 0.3 is 0 Å². The molecule has 1 amide bonds. The topological polar surface area (TPSA) is 35.6 Å². The average Bonchev–Trinajstić information content (AvgIpc) is 2.25. The van der Waals surface area contributed by atoms with Crippen LogP contribution in [0.2, 0.25) is 0 Å². The van der Waals surface area contributed by atoms with Crippen LogP contribution in [0.4, 0.5) is 0 Å². The van der Waals surface area contributed by atoms with E-state index in [0.29, 0.717) is 11.9 Å². The summed E-state index contributed by atoms with van der Waals surface area (Å²) >= 11 is 0. The predicted molar refractivity (Wildman–Crippen MR) is 66.4 cm³/mol. The third-order valence-corrected chi connectivity index (χ3v) is 3.24. The number of hydrogen-bond donors (Lipinski definition) is 1. The zero-order valence-electron chi connectivity index (χ0n) is 11.0. The molecule has 0 radical (unpaired) electrons. The van der Waals surface area contributed by atoms with E-state index in [0.717, 1.165) is 32.7 Å². The van der Waals surface area contributed by atoms with Crippen LogP contribution in [0.3, 0.4) is 0 Å². The highest BCUT2D eigenvalue weighted by Gasteiger charge is 2.28. The molecule has 0 spiro atoms. The Bertz CT molecular complexity index is 232. The van der Waals surface area contributed by atoms with Gasteiger partial charge in [-0.15, -0.1) is 0 Å². The molecule has 1 saturated heterocycles. The number of hydrogen-bond acceptors (Lipinski definition) is 3. The van der Waals surface area contributed by atoms with Crippen molar-refractivity contribution in [1.82, 2.24) is 15.1 Å². The maximum atomic E-state index is 12.2. The average molecular weight is 227 g/mol. The van der Waals surface area contributed by atoms with E-state index >= 15 is 0 Å². The third kappa shape index (κ3) is 3.46. The number of nitrogens with zero attached hydrogens (tertiary/aromatic N) is 2. The Morgan fingerprint density at radius 1 is 1.50 bits per heavy atom. The van der Waals surface area contributed by atoms with E-state index in [1.807, 2.05) is 11.8 Å². The Morgan fingerprint density at radius 2 is 2.19 bits per heavy atom. The number of carbonyl (C=O) groups is 1. The molecule has 0 aromatic heterocycles. The SMILES string of the molecule is CCNCC(C)C(=O)N1CCN(C)CC1C. The third-order valence-electron chi connectivity index (χ3n) is 3.24. The molecule has 4 heteroatoms. The summed E-state index contributed by atoms with van der Waals surface area (Å²) in [6.07, 6.45) is 0. The molecule has 1 rings (SSSR count). The van der Waals surface area contributed by atoms with E-state index in [4.69, 9.17) is 0 Å². The Labute approximate surface area is 99.0 Å². The number of carbonyl (C=O) groups excluding carboxylic acids is 1. The van der Waals surface area contributed by atoms with Gasteiger partial charge in [-0.05, 0) is 20.5 Å². The minimum absolute atomic E-state index is 0.0887. The molecule has 4 nitrogen and oxygen atoms in total. The summed E-state index contributed by atoms with van der Waals surface area (Å²) in [5.74, 6) is 0.382. The Morgan fingerprint density at radius 3 is 2.75 bits per heavy atom. The quantitative estimate of drug-likeness (QED) is 0.755. The van der Waals surface area contributed by atoms with Crippen LogP contribution in [0.1, 0.15) is 20.8 Å². The van der Waals surface area contributed by atoms with E-state index in [2.05, 4.69) is 31.1 Å². The van der Waals surface area contributed by atoms with Crippen molar-refractivity contribution in [1.29, 1.82) is 0 Å². The van der Waals surface area contributed by atoms with Gasteiger partial charge < -0.3 is 15.1 Å². The lowest BCUT2D eigenvalue weighted by Crippen LogP contribution is -2.54. The molecule has 1 N–H and O–H groups in total. The first kappa shape index (κ1) is 13.5. The smallest absolute Gasteiger partial charge is 0.227 e. The van der Waals surface area contributed by atoms with Crippen LogP contribution in [-0.4, -0.2) is 61.5 Å². The van der Waals surface area contributed by atoms with Crippen LogP contribution >= 0.6 is 0 Å². The molecular weight excluding hydrogens is 202 g/mol. The first-order valence-electron chi connectivity index (χ1n) is 6.26. The summed E-state index contributed by atoms with van der Waals surface area (Å²) in [4.78, 5) is 16.5. The van der Waals surface area contributed by atoms with Gasteiger partial charge in [0, 0.05) is 38.1 Å². The molecule has 0 aromatic carbocycles. The van der Waals surface area contributed by atoms with Gasteiger partial charge in [-0.2, -0.15) is 0 Å². The number of rotatable bonds is 4. The van der Waals surface area contributed by atoms with Gasteiger partial charge in [-0.25, -0.2) is 0 Å². The van der Waals surface area contributed by atoms with Crippen molar-refractivity contribution in [2.45, 2.75) is 26.8 Å². The first-order chi connectivity index (χ1) is 7.56. The van der Waals surface area contributed by atoms with Gasteiger partial charge in [0.05, 0.1) is 0 Å². The molecule has 1 fully saturated rings. The molecule has 16 heavy (non-hydrogen) atoms. The summed E-state index contributed by atoms with van der Waals surface area (Å²) in [5.41, 5.74) is 0. The fourth-order valence-electron chi connectivity index (χ4n) is 2.20. The number of likely N-dealkylation sites (N-methyl/N-ethyl adjacent to an activating group) is 1. The second-order valence-corrected chi connectivity index (χ2v) is 4.85. The monoisotopic (exact) mass is 227 g/mol. The van der Waals surface area contributed by atoms with E-state index in [9.17, 15) is 4.79 Å². The van der Waals surface area contributed by atoms with Crippen LogP contribution in [0.15, 0.2) is 0 Å². The zero-order chi connectivity index (χ0) is 12.1. The fraction of sp³-hybridized carbons (Fsp3) is 0.917. The first-order valence-corrected chi connectivity index (χ1v) is 6.26. The molecule has 1 aliphatic rings. The molecule has 1 aliphatic heterocycles. The largest absolute Gasteiger partial charge is 0.337 e. The summed E-state index contributed by atoms with van der Waals surface area (Å²) in [6, 6.07) is 0.343. The normalized spacial score (nSPS) is 24.5. The van der Waals surface area contributed by atoms with Crippen molar-refractivity contribution in [3.05, 3.63) is 0 Å². The molecule has 0 saturated carbocycles. The zero-order valence-corrected chi connectivity index (χ0v) is 11.0. The maximum absolute atomic E-state index is 12.2. The summed E-state index contributed by atoms with van der Waals surface area (Å²) < 4.78 is 0. The second kappa shape index (κ2) is 6.21. The van der Waals surface area contributed by atoms with Gasteiger partial charge in [-0.3, -0.25) is 4.79 Å². The van der Waals surface area contributed by atoms with Gasteiger partial charge in [0.25, 0.3) is 0 Å². The van der Waals surface area contributed by atoms with Crippen LogP contribution < -0.4 is 5.32 Å². The maximum Gasteiger partial charge on any atom is 0.227 e. The van der Waals surface area contributed by atoms with Crippen molar-refractivity contribution in [3.8, 4) is 0 Å².